The predicted octanol–water partition coefficient (Wildman–Crippen LogP) is 1.28. The number of rotatable bonds is 4. The molecule has 0 bridgehead atoms. The number of nitrogens with zero attached hydrogens (tertiary/aromatic N) is 2. The van der Waals surface area contributed by atoms with Crippen LogP contribution in [0.4, 0.5) is 5.69 Å². The maximum absolute atomic E-state index is 11.9. The van der Waals surface area contributed by atoms with Crippen molar-refractivity contribution in [3.8, 4) is 0 Å². The van der Waals surface area contributed by atoms with Crippen LogP contribution in [0.5, 0.6) is 0 Å². The Bertz CT molecular complexity index is 450. The lowest BCUT2D eigenvalue weighted by atomic mass is 10.1. The highest BCUT2D eigenvalue weighted by Crippen LogP contribution is 2.23. The molecule has 0 saturated carbocycles. The van der Waals surface area contributed by atoms with Crippen molar-refractivity contribution in [2.75, 3.05) is 20.1 Å². The largest absolute Gasteiger partial charge is 0.340 e. The quantitative estimate of drug-likeness (QED) is 0.650. The van der Waals surface area contributed by atoms with Crippen molar-refractivity contribution in [1.82, 2.24) is 4.90 Å². The van der Waals surface area contributed by atoms with Gasteiger partial charge in [-0.3, -0.25) is 14.9 Å². The van der Waals surface area contributed by atoms with Gasteiger partial charge >= 0.3 is 0 Å². The van der Waals surface area contributed by atoms with Gasteiger partial charge in [0.2, 0.25) is 0 Å². The molecule has 1 aromatic rings. The van der Waals surface area contributed by atoms with Gasteiger partial charge in [0.15, 0.2) is 0 Å². The summed E-state index contributed by atoms with van der Waals surface area (Å²) < 4.78 is 0. The van der Waals surface area contributed by atoms with Crippen LogP contribution in [0, 0.1) is 10.1 Å². The number of nitro benzene ring substituents is 1. The van der Waals surface area contributed by atoms with E-state index in [1.54, 1.807) is 0 Å². The molecule has 1 amide bonds. The topological polar surface area (TPSA) is 89.5 Å². The second-order valence-electron chi connectivity index (χ2n) is 3.43. The zero-order valence-electron chi connectivity index (χ0n) is 9.22. The monoisotopic (exact) mass is 257 g/mol. The normalized spacial score (nSPS) is 10.1. The van der Waals surface area contributed by atoms with Crippen LogP contribution in [0.1, 0.15) is 10.4 Å². The first kappa shape index (κ1) is 13.4. The van der Waals surface area contributed by atoms with E-state index in [0.717, 1.165) is 0 Å². The summed E-state index contributed by atoms with van der Waals surface area (Å²) in [6.45, 7) is 0.610. The van der Waals surface area contributed by atoms with E-state index in [9.17, 15) is 14.9 Å². The number of likely N-dealkylation sites (N-methyl/N-ethyl adjacent to an activating group) is 1. The van der Waals surface area contributed by atoms with Gasteiger partial charge < -0.3 is 10.6 Å². The molecule has 0 aliphatic rings. The third kappa shape index (κ3) is 3.15. The fraction of sp³-hybridized carbons (Fsp3) is 0.300. The number of nitrogens with two attached hydrogens (primary N) is 1. The van der Waals surface area contributed by atoms with E-state index in [1.165, 1.54) is 30.1 Å². The zero-order valence-corrected chi connectivity index (χ0v) is 9.98. The smallest absolute Gasteiger partial charge is 0.282 e. The Morgan fingerprint density at radius 2 is 2.24 bits per heavy atom. The summed E-state index contributed by atoms with van der Waals surface area (Å²) in [7, 11) is 1.53. The van der Waals surface area contributed by atoms with Gasteiger partial charge in [-0.15, -0.1) is 0 Å². The molecule has 1 aromatic carbocycles. The van der Waals surface area contributed by atoms with Crippen molar-refractivity contribution in [2.24, 2.45) is 5.73 Å². The molecule has 6 nitrogen and oxygen atoms in total. The van der Waals surface area contributed by atoms with Crippen LogP contribution in [-0.2, 0) is 0 Å². The van der Waals surface area contributed by atoms with Crippen LogP contribution < -0.4 is 5.73 Å². The number of hydrogen-bond acceptors (Lipinski definition) is 4. The average Bonchev–Trinajstić information content (AvgIpc) is 2.27. The number of nitro groups is 1. The van der Waals surface area contributed by atoms with Gasteiger partial charge in [0, 0.05) is 31.2 Å². The maximum Gasteiger partial charge on any atom is 0.282 e. The molecule has 0 aliphatic heterocycles. The molecule has 0 atom stereocenters. The second kappa shape index (κ2) is 5.60. The van der Waals surface area contributed by atoms with Crippen LogP contribution >= 0.6 is 11.6 Å². The van der Waals surface area contributed by atoms with Crippen molar-refractivity contribution in [3.05, 3.63) is 38.9 Å². The molecule has 0 fully saturated rings. The number of amides is 1. The molecule has 0 spiro atoms. The molecule has 0 unspecified atom stereocenters. The number of carbonyl (C=O) groups is 1. The Morgan fingerprint density at radius 1 is 1.59 bits per heavy atom. The molecule has 0 saturated heterocycles. The number of halogens is 1. The number of benzene rings is 1. The highest BCUT2D eigenvalue weighted by molar-refractivity contribution is 6.31. The minimum absolute atomic E-state index is 0.0292. The highest BCUT2D eigenvalue weighted by atomic mass is 35.5. The molecule has 0 aromatic heterocycles. The Morgan fingerprint density at radius 3 is 2.76 bits per heavy atom. The third-order valence-corrected chi connectivity index (χ3v) is 2.43. The lowest BCUT2D eigenvalue weighted by molar-refractivity contribution is -0.385. The molecular weight excluding hydrogens is 246 g/mol. The molecule has 2 N–H and O–H groups in total. The van der Waals surface area contributed by atoms with Gasteiger partial charge in [-0.25, -0.2) is 0 Å². The minimum atomic E-state index is -0.611. The average molecular weight is 258 g/mol. The standard InChI is InChI=1S/C10H12ClN3O3/c1-13(5-4-12)10(15)8-6-7(11)2-3-9(8)14(16)17/h2-3,6H,4-5,12H2,1H3. The Kier molecular flexibility index (Phi) is 4.42. The van der Waals surface area contributed by atoms with Gasteiger partial charge in [0.25, 0.3) is 11.6 Å². The van der Waals surface area contributed by atoms with E-state index >= 15 is 0 Å². The lowest BCUT2D eigenvalue weighted by Crippen LogP contribution is -2.32. The van der Waals surface area contributed by atoms with Crippen molar-refractivity contribution in [3.63, 3.8) is 0 Å². The summed E-state index contributed by atoms with van der Waals surface area (Å²) in [4.78, 5) is 23.4. The summed E-state index contributed by atoms with van der Waals surface area (Å²) in [6.07, 6.45) is 0. The summed E-state index contributed by atoms with van der Waals surface area (Å²) in [5.41, 5.74) is 5.03. The predicted molar refractivity (Wildman–Crippen MR) is 64.1 cm³/mol. The summed E-state index contributed by atoms with van der Waals surface area (Å²) in [5.74, 6) is -0.468. The molecule has 1 rings (SSSR count). The van der Waals surface area contributed by atoms with Gasteiger partial charge in [-0.2, -0.15) is 0 Å². The first-order valence-corrected chi connectivity index (χ1v) is 5.24. The summed E-state index contributed by atoms with van der Waals surface area (Å²) in [5, 5.41) is 11.1. The fourth-order valence-electron chi connectivity index (χ4n) is 1.34. The van der Waals surface area contributed by atoms with E-state index < -0.39 is 10.8 Å². The molecule has 0 heterocycles. The van der Waals surface area contributed by atoms with Crippen LogP contribution in [0.15, 0.2) is 18.2 Å². The Balaban J connectivity index is 3.15. The van der Waals surface area contributed by atoms with Gasteiger partial charge in [-0.05, 0) is 12.1 Å². The van der Waals surface area contributed by atoms with Crippen molar-refractivity contribution >= 4 is 23.2 Å². The molecule has 17 heavy (non-hydrogen) atoms. The second-order valence-corrected chi connectivity index (χ2v) is 3.87. The molecular formula is C10H12ClN3O3. The van der Waals surface area contributed by atoms with Gasteiger partial charge in [0.1, 0.15) is 5.56 Å². The molecule has 0 radical (unpaired) electrons. The summed E-state index contributed by atoms with van der Waals surface area (Å²) >= 11 is 5.73. The molecule has 0 aliphatic carbocycles. The maximum atomic E-state index is 11.9. The SMILES string of the molecule is CN(CCN)C(=O)c1cc(Cl)ccc1[N+](=O)[O-]. The van der Waals surface area contributed by atoms with Crippen molar-refractivity contribution in [2.45, 2.75) is 0 Å². The number of hydrogen-bond donors (Lipinski definition) is 1. The van der Waals surface area contributed by atoms with Gasteiger partial charge in [0.05, 0.1) is 4.92 Å². The van der Waals surface area contributed by atoms with Crippen LogP contribution in [0.25, 0.3) is 0 Å². The van der Waals surface area contributed by atoms with E-state index in [0.29, 0.717) is 6.54 Å². The van der Waals surface area contributed by atoms with Crippen molar-refractivity contribution in [1.29, 1.82) is 0 Å². The zero-order chi connectivity index (χ0) is 13.0. The minimum Gasteiger partial charge on any atom is -0.340 e. The van der Waals surface area contributed by atoms with E-state index in [2.05, 4.69) is 0 Å². The first-order valence-electron chi connectivity index (χ1n) is 4.87. The highest BCUT2D eigenvalue weighted by Gasteiger charge is 2.22. The van der Waals surface area contributed by atoms with E-state index in [-0.39, 0.29) is 22.8 Å². The van der Waals surface area contributed by atoms with Gasteiger partial charge in [-0.1, -0.05) is 11.6 Å². The number of carbonyl (C=O) groups excluding carboxylic acids is 1. The van der Waals surface area contributed by atoms with Crippen LogP contribution in [0.2, 0.25) is 5.02 Å². The third-order valence-electron chi connectivity index (χ3n) is 2.20. The lowest BCUT2D eigenvalue weighted by Gasteiger charge is -2.15. The van der Waals surface area contributed by atoms with Crippen LogP contribution in [0.3, 0.4) is 0 Å². The van der Waals surface area contributed by atoms with E-state index in [1.807, 2.05) is 0 Å². The van der Waals surface area contributed by atoms with E-state index in [4.69, 9.17) is 17.3 Å². The Hall–Kier alpha value is -1.66. The van der Waals surface area contributed by atoms with Crippen molar-refractivity contribution < 1.29 is 9.72 Å². The molecule has 92 valence electrons. The first-order chi connectivity index (χ1) is 7.97. The summed E-state index contributed by atoms with van der Waals surface area (Å²) in [6, 6.07) is 3.88. The van der Waals surface area contributed by atoms with Crippen LogP contribution in [-0.4, -0.2) is 35.9 Å². The Labute approximate surface area is 103 Å². The molecule has 7 heteroatoms. The fourth-order valence-corrected chi connectivity index (χ4v) is 1.51.